The van der Waals surface area contributed by atoms with Crippen LogP contribution in [0.5, 0.6) is 0 Å². The molecule has 1 fully saturated rings. The Balaban J connectivity index is 2.08. The van der Waals surface area contributed by atoms with Gasteiger partial charge in [-0.3, -0.25) is 4.79 Å². The summed E-state index contributed by atoms with van der Waals surface area (Å²) in [7, 11) is -3.02. The first kappa shape index (κ1) is 20.5. The first-order valence-corrected chi connectivity index (χ1v) is 11.1. The zero-order valence-corrected chi connectivity index (χ0v) is 16.0. The van der Waals surface area contributed by atoms with Gasteiger partial charge in [-0.25, -0.2) is 8.42 Å². The summed E-state index contributed by atoms with van der Waals surface area (Å²) < 4.78 is 24.1. The van der Waals surface area contributed by atoms with E-state index >= 15 is 0 Å². The largest absolute Gasteiger partial charge is 0.340 e. The van der Waals surface area contributed by atoms with Gasteiger partial charge in [0.05, 0.1) is 11.0 Å². The van der Waals surface area contributed by atoms with Crippen molar-refractivity contribution < 1.29 is 13.2 Å². The highest BCUT2D eigenvalue weighted by Crippen LogP contribution is 2.20. The highest BCUT2D eigenvalue weighted by molar-refractivity contribution is 7.92. The summed E-state index contributed by atoms with van der Waals surface area (Å²) in [5, 5.41) is -0.326. The van der Waals surface area contributed by atoms with Crippen LogP contribution in [0, 0.1) is 5.92 Å². The number of likely N-dealkylation sites (tertiary alicyclic amines) is 1. The van der Waals surface area contributed by atoms with Crippen molar-refractivity contribution in [1.82, 2.24) is 4.90 Å². The summed E-state index contributed by atoms with van der Waals surface area (Å²) in [5.74, 6) is 0.520. The minimum atomic E-state index is -3.02. The second-order valence-corrected chi connectivity index (χ2v) is 9.69. The van der Waals surface area contributed by atoms with Crippen LogP contribution in [-0.2, 0) is 14.6 Å². The molecule has 1 amide bonds. The van der Waals surface area contributed by atoms with Gasteiger partial charge >= 0.3 is 0 Å². The molecule has 0 radical (unpaired) electrons. The second-order valence-electron chi connectivity index (χ2n) is 7.37. The van der Waals surface area contributed by atoms with Gasteiger partial charge in [-0.15, -0.1) is 0 Å². The fourth-order valence-corrected chi connectivity index (χ4v) is 5.05. The number of rotatable bonds is 12. The fraction of sp³-hybridized carbons (Fsp3) is 0.944. The maximum atomic E-state index is 12.1. The summed E-state index contributed by atoms with van der Waals surface area (Å²) in [6, 6.07) is 0. The number of carbonyl (C=O) groups excluding carboxylic acids is 1. The maximum absolute atomic E-state index is 12.1. The first-order chi connectivity index (χ1) is 10.9. The molecule has 1 aliphatic heterocycles. The number of amides is 1. The van der Waals surface area contributed by atoms with E-state index in [1.54, 1.807) is 4.90 Å². The second kappa shape index (κ2) is 10.3. The third kappa shape index (κ3) is 7.69. The third-order valence-corrected chi connectivity index (χ3v) is 6.96. The molecule has 23 heavy (non-hydrogen) atoms. The molecule has 0 aromatic rings. The van der Waals surface area contributed by atoms with Crippen molar-refractivity contribution in [1.29, 1.82) is 0 Å². The van der Waals surface area contributed by atoms with Crippen molar-refractivity contribution in [2.24, 2.45) is 5.92 Å². The Morgan fingerprint density at radius 1 is 1.00 bits per heavy atom. The van der Waals surface area contributed by atoms with Gasteiger partial charge < -0.3 is 4.90 Å². The van der Waals surface area contributed by atoms with Gasteiger partial charge in [0.2, 0.25) is 5.91 Å². The van der Waals surface area contributed by atoms with Crippen LogP contribution in [0.4, 0.5) is 0 Å². The van der Waals surface area contributed by atoms with Gasteiger partial charge in [0.15, 0.2) is 9.84 Å². The summed E-state index contributed by atoms with van der Waals surface area (Å²) in [4.78, 5) is 13.7. The Kier molecular flexibility index (Phi) is 9.18. The highest BCUT2D eigenvalue weighted by atomic mass is 32.2. The molecule has 0 aromatic carbocycles. The zero-order chi connectivity index (χ0) is 17.3. The quantitative estimate of drug-likeness (QED) is 0.506. The van der Waals surface area contributed by atoms with Crippen LogP contribution in [0.25, 0.3) is 0 Å². The Labute approximate surface area is 142 Å². The van der Waals surface area contributed by atoms with Gasteiger partial charge in [-0.05, 0) is 12.3 Å². The van der Waals surface area contributed by atoms with E-state index in [1.165, 1.54) is 38.5 Å². The van der Waals surface area contributed by atoms with Gasteiger partial charge in [0.1, 0.15) is 0 Å². The molecule has 0 aliphatic carbocycles. The minimum absolute atomic E-state index is 0.131. The Morgan fingerprint density at radius 3 is 2.04 bits per heavy atom. The standard InChI is InChI=1S/C18H35NO3S/c1-4-5-6-7-8-9-10-11-12-18(20)19-13-17(14-19)23(21,22)15-16(2)3/h16-17H,4-15H2,1-3H3. The van der Waals surface area contributed by atoms with E-state index in [-0.39, 0.29) is 22.8 Å². The van der Waals surface area contributed by atoms with Crippen molar-refractivity contribution in [2.45, 2.75) is 83.8 Å². The van der Waals surface area contributed by atoms with Crippen molar-refractivity contribution in [2.75, 3.05) is 18.8 Å². The lowest BCUT2D eigenvalue weighted by molar-refractivity contribution is -0.134. The average Bonchev–Trinajstić information content (AvgIpc) is 2.38. The summed E-state index contributed by atoms with van der Waals surface area (Å²) in [6.07, 6.45) is 10.3. The molecular weight excluding hydrogens is 310 g/mol. The summed E-state index contributed by atoms with van der Waals surface area (Å²) in [6.45, 7) is 6.87. The lowest BCUT2D eigenvalue weighted by Crippen LogP contribution is -2.57. The van der Waals surface area contributed by atoms with Gasteiger partial charge in [0, 0.05) is 19.5 Å². The molecule has 1 saturated heterocycles. The minimum Gasteiger partial charge on any atom is -0.340 e. The van der Waals surface area contributed by atoms with E-state index in [0.29, 0.717) is 19.5 Å². The number of unbranched alkanes of at least 4 members (excludes halogenated alkanes) is 7. The zero-order valence-electron chi connectivity index (χ0n) is 15.2. The Morgan fingerprint density at radius 2 is 1.52 bits per heavy atom. The van der Waals surface area contributed by atoms with Crippen LogP contribution in [-0.4, -0.2) is 43.3 Å². The molecule has 0 unspecified atom stereocenters. The van der Waals surface area contributed by atoms with Crippen molar-refractivity contribution in [3.05, 3.63) is 0 Å². The SMILES string of the molecule is CCCCCCCCCCC(=O)N1CC(S(=O)(=O)CC(C)C)C1. The monoisotopic (exact) mass is 345 g/mol. The fourth-order valence-electron chi connectivity index (χ4n) is 3.04. The van der Waals surface area contributed by atoms with Crippen LogP contribution in [0.3, 0.4) is 0 Å². The van der Waals surface area contributed by atoms with Gasteiger partial charge in [0.25, 0.3) is 0 Å². The molecule has 0 N–H and O–H groups in total. The molecule has 1 aliphatic rings. The molecule has 5 heteroatoms. The van der Waals surface area contributed by atoms with E-state index in [0.717, 1.165) is 12.8 Å². The Bertz CT molecular complexity index is 439. The molecule has 0 saturated carbocycles. The molecule has 1 rings (SSSR count). The molecule has 0 bridgehead atoms. The van der Waals surface area contributed by atoms with Crippen LogP contribution in [0.2, 0.25) is 0 Å². The predicted octanol–water partition coefficient (Wildman–Crippen LogP) is 3.80. The smallest absolute Gasteiger partial charge is 0.222 e. The molecule has 4 nitrogen and oxygen atoms in total. The van der Waals surface area contributed by atoms with E-state index in [2.05, 4.69) is 6.92 Å². The van der Waals surface area contributed by atoms with Crippen molar-refractivity contribution in [3.63, 3.8) is 0 Å². The molecule has 136 valence electrons. The third-order valence-electron chi connectivity index (χ3n) is 4.52. The Hall–Kier alpha value is -0.580. The highest BCUT2D eigenvalue weighted by Gasteiger charge is 2.39. The topological polar surface area (TPSA) is 54.5 Å². The van der Waals surface area contributed by atoms with Crippen LogP contribution in [0.1, 0.15) is 78.6 Å². The van der Waals surface area contributed by atoms with Crippen molar-refractivity contribution in [3.8, 4) is 0 Å². The van der Waals surface area contributed by atoms with Crippen LogP contribution < -0.4 is 0 Å². The number of hydrogen-bond acceptors (Lipinski definition) is 3. The number of sulfone groups is 1. The van der Waals surface area contributed by atoms with Crippen LogP contribution >= 0.6 is 0 Å². The number of carbonyl (C=O) groups is 1. The lowest BCUT2D eigenvalue weighted by Gasteiger charge is -2.39. The van der Waals surface area contributed by atoms with E-state index in [9.17, 15) is 13.2 Å². The number of nitrogens with zero attached hydrogens (tertiary/aromatic N) is 1. The predicted molar refractivity (Wildman–Crippen MR) is 96.2 cm³/mol. The molecule has 0 atom stereocenters. The van der Waals surface area contributed by atoms with Crippen molar-refractivity contribution >= 4 is 15.7 Å². The average molecular weight is 346 g/mol. The van der Waals surface area contributed by atoms with E-state index in [4.69, 9.17) is 0 Å². The van der Waals surface area contributed by atoms with Gasteiger partial charge in [-0.2, -0.15) is 0 Å². The van der Waals surface area contributed by atoms with E-state index in [1.807, 2.05) is 13.8 Å². The van der Waals surface area contributed by atoms with E-state index < -0.39 is 9.84 Å². The molecule has 1 heterocycles. The normalized spacial score (nSPS) is 15.9. The molecule has 0 spiro atoms. The van der Waals surface area contributed by atoms with Gasteiger partial charge in [-0.1, -0.05) is 65.7 Å². The number of hydrogen-bond donors (Lipinski definition) is 0. The first-order valence-electron chi connectivity index (χ1n) is 9.36. The lowest BCUT2D eigenvalue weighted by atomic mass is 10.1. The summed E-state index contributed by atoms with van der Waals surface area (Å²) in [5.41, 5.74) is 0. The molecular formula is C18H35NO3S. The molecule has 0 aromatic heterocycles. The van der Waals surface area contributed by atoms with Crippen LogP contribution in [0.15, 0.2) is 0 Å². The summed E-state index contributed by atoms with van der Waals surface area (Å²) >= 11 is 0. The maximum Gasteiger partial charge on any atom is 0.222 e.